The second-order valence-electron chi connectivity index (χ2n) is 7.81. The van der Waals surface area contributed by atoms with E-state index in [1.54, 1.807) is 12.1 Å². The number of nitrogens with zero attached hydrogens (tertiary/aromatic N) is 4. The number of hydrogen-bond donors (Lipinski definition) is 1. The topological polar surface area (TPSA) is 63.1 Å². The van der Waals surface area contributed by atoms with Gasteiger partial charge in [-0.2, -0.15) is 5.10 Å². The zero-order chi connectivity index (χ0) is 20.0. The average Bonchev–Trinajstić information content (AvgIpc) is 3.36. The molecule has 1 N–H and O–H groups in total. The summed E-state index contributed by atoms with van der Waals surface area (Å²) in [7, 11) is 2.13. The van der Waals surface area contributed by atoms with E-state index in [1.807, 2.05) is 16.3 Å². The van der Waals surface area contributed by atoms with E-state index in [1.165, 1.54) is 23.5 Å². The van der Waals surface area contributed by atoms with Gasteiger partial charge in [-0.3, -0.25) is 4.79 Å². The Kier molecular flexibility index (Phi) is 4.67. The molecule has 0 spiro atoms. The molecule has 1 atom stereocenters. The smallest absolute Gasteiger partial charge is 0.226 e. The van der Waals surface area contributed by atoms with E-state index in [2.05, 4.69) is 22.4 Å². The summed E-state index contributed by atoms with van der Waals surface area (Å²) in [6.07, 6.45) is 4.30. The van der Waals surface area contributed by atoms with Crippen LogP contribution in [0, 0.1) is 5.82 Å². The molecule has 1 unspecified atom stereocenters. The van der Waals surface area contributed by atoms with Crippen LogP contribution >= 0.6 is 11.3 Å². The third kappa shape index (κ3) is 3.47. The maximum absolute atomic E-state index is 13.2. The third-order valence-electron chi connectivity index (χ3n) is 5.84. The first-order chi connectivity index (χ1) is 14.1. The van der Waals surface area contributed by atoms with Gasteiger partial charge in [-0.25, -0.2) is 14.1 Å². The monoisotopic (exact) mass is 411 g/mol. The van der Waals surface area contributed by atoms with Crippen molar-refractivity contribution < 1.29 is 9.18 Å². The van der Waals surface area contributed by atoms with Crippen LogP contribution in [0.4, 0.5) is 10.2 Å². The van der Waals surface area contributed by atoms with Crippen LogP contribution in [-0.2, 0) is 4.79 Å². The van der Waals surface area contributed by atoms with Crippen LogP contribution in [0.2, 0.25) is 0 Å². The molecule has 8 heteroatoms. The molecule has 0 aliphatic carbocycles. The standard InChI is InChI=1S/C21H22FN5OS/c1-26-8-6-15(7-9-26)27-20-17(11-23-27)16(10-19(28)25-20)21-24-18(12-29-21)13-2-4-14(22)5-3-13/h2-5,11-12,15-16H,6-10H2,1H3,(H,25,28). The molecule has 1 amide bonds. The van der Waals surface area contributed by atoms with Gasteiger partial charge in [0.1, 0.15) is 16.6 Å². The van der Waals surface area contributed by atoms with Gasteiger partial charge < -0.3 is 10.2 Å². The van der Waals surface area contributed by atoms with Crippen LogP contribution in [0.5, 0.6) is 0 Å². The molecule has 6 nitrogen and oxygen atoms in total. The number of thiazole rings is 1. The highest BCUT2D eigenvalue weighted by molar-refractivity contribution is 7.10. The van der Waals surface area contributed by atoms with Crippen LogP contribution in [0.3, 0.4) is 0 Å². The van der Waals surface area contributed by atoms with Gasteiger partial charge in [0.15, 0.2) is 0 Å². The summed E-state index contributed by atoms with van der Waals surface area (Å²) < 4.78 is 15.2. The first kappa shape index (κ1) is 18.4. The van der Waals surface area contributed by atoms with Gasteiger partial charge in [0.2, 0.25) is 5.91 Å². The molecule has 3 aromatic rings. The number of halogens is 1. The normalized spacial score (nSPS) is 20.5. The van der Waals surface area contributed by atoms with Crippen molar-refractivity contribution in [2.45, 2.75) is 31.2 Å². The average molecular weight is 412 g/mol. The van der Waals surface area contributed by atoms with Crippen molar-refractivity contribution in [3.63, 3.8) is 0 Å². The van der Waals surface area contributed by atoms with Crippen molar-refractivity contribution in [3.05, 3.63) is 52.2 Å². The van der Waals surface area contributed by atoms with Gasteiger partial charge in [0, 0.05) is 28.8 Å². The second-order valence-corrected chi connectivity index (χ2v) is 8.70. The summed E-state index contributed by atoms with van der Waals surface area (Å²) in [5, 5.41) is 10.6. The number of likely N-dealkylation sites (tertiary alicyclic amines) is 1. The number of benzene rings is 1. The Morgan fingerprint density at radius 1 is 1.21 bits per heavy atom. The Bertz CT molecular complexity index is 1040. The number of hydrogen-bond acceptors (Lipinski definition) is 5. The molecule has 0 saturated carbocycles. The minimum absolute atomic E-state index is 0.00397. The zero-order valence-corrected chi connectivity index (χ0v) is 17.0. The summed E-state index contributed by atoms with van der Waals surface area (Å²) in [6, 6.07) is 6.63. The van der Waals surface area contributed by atoms with Crippen molar-refractivity contribution in [1.82, 2.24) is 19.7 Å². The SMILES string of the molecule is CN1CCC(n2ncc3c2NC(=O)CC3c2nc(-c3ccc(F)cc3)cs2)CC1. The van der Waals surface area contributed by atoms with Crippen molar-refractivity contribution >= 4 is 23.1 Å². The number of fused-ring (bicyclic) bond motifs is 1. The number of rotatable bonds is 3. The molecule has 5 rings (SSSR count). The van der Waals surface area contributed by atoms with Crippen LogP contribution in [0.25, 0.3) is 11.3 Å². The Balaban J connectivity index is 1.46. The number of carbonyl (C=O) groups is 1. The second kappa shape index (κ2) is 7.35. The van der Waals surface area contributed by atoms with Gasteiger partial charge in [0.05, 0.1) is 17.9 Å². The number of carbonyl (C=O) groups excluding carboxylic acids is 1. The highest BCUT2D eigenvalue weighted by Gasteiger charge is 2.34. The minimum atomic E-state index is -0.265. The van der Waals surface area contributed by atoms with E-state index in [0.717, 1.165) is 53.6 Å². The molecule has 1 saturated heterocycles. The molecule has 0 radical (unpaired) electrons. The van der Waals surface area contributed by atoms with E-state index in [4.69, 9.17) is 4.98 Å². The lowest BCUT2D eigenvalue weighted by molar-refractivity contribution is -0.116. The Morgan fingerprint density at radius 2 is 1.97 bits per heavy atom. The zero-order valence-electron chi connectivity index (χ0n) is 16.1. The maximum atomic E-state index is 13.2. The van der Waals surface area contributed by atoms with Crippen molar-refractivity contribution in [2.24, 2.45) is 0 Å². The molecular formula is C21H22FN5OS. The molecule has 2 aliphatic rings. The first-order valence-corrected chi connectivity index (χ1v) is 10.7. The fraction of sp³-hybridized carbons (Fsp3) is 0.381. The number of piperidine rings is 1. The van der Waals surface area contributed by atoms with Crippen LogP contribution in [0.1, 0.15) is 41.8 Å². The molecule has 29 heavy (non-hydrogen) atoms. The highest BCUT2D eigenvalue weighted by atomic mass is 32.1. The molecule has 0 bridgehead atoms. The lowest BCUT2D eigenvalue weighted by Gasteiger charge is -2.31. The van der Waals surface area contributed by atoms with Crippen molar-refractivity contribution in [3.8, 4) is 11.3 Å². The fourth-order valence-electron chi connectivity index (χ4n) is 4.18. The van der Waals surface area contributed by atoms with E-state index in [-0.39, 0.29) is 17.6 Å². The number of anilines is 1. The quantitative estimate of drug-likeness (QED) is 0.710. The van der Waals surface area contributed by atoms with E-state index < -0.39 is 0 Å². The summed E-state index contributed by atoms with van der Waals surface area (Å²) in [5.41, 5.74) is 2.71. The summed E-state index contributed by atoms with van der Waals surface area (Å²) >= 11 is 1.54. The molecule has 4 heterocycles. The lowest BCUT2D eigenvalue weighted by atomic mass is 9.94. The van der Waals surface area contributed by atoms with Crippen molar-refractivity contribution in [2.75, 3.05) is 25.5 Å². The van der Waals surface area contributed by atoms with Crippen LogP contribution in [-0.4, -0.2) is 45.7 Å². The predicted molar refractivity (Wildman–Crippen MR) is 111 cm³/mol. The number of amides is 1. The molecule has 1 aromatic carbocycles. The largest absolute Gasteiger partial charge is 0.311 e. The third-order valence-corrected chi connectivity index (χ3v) is 6.80. The van der Waals surface area contributed by atoms with Gasteiger partial charge in [-0.1, -0.05) is 0 Å². The fourth-order valence-corrected chi connectivity index (χ4v) is 5.12. The lowest BCUT2D eigenvalue weighted by Crippen LogP contribution is -2.33. The van der Waals surface area contributed by atoms with Gasteiger partial charge in [-0.05, 0) is 57.2 Å². The Morgan fingerprint density at radius 3 is 2.72 bits per heavy atom. The van der Waals surface area contributed by atoms with Crippen molar-refractivity contribution in [1.29, 1.82) is 0 Å². The molecule has 2 aliphatic heterocycles. The number of nitrogens with one attached hydrogen (secondary N) is 1. The van der Waals surface area contributed by atoms with Crippen LogP contribution in [0.15, 0.2) is 35.8 Å². The first-order valence-electron chi connectivity index (χ1n) is 9.85. The molecular weight excluding hydrogens is 389 g/mol. The summed E-state index contributed by atoms with van der Waals surface area (Å²) in [6.45, 7) is 2.06. The molecule has 2 aromatic heterocycles. The Labute approximate surface area is 172 Å². The maximum Gasteiger partial charge on any atom is 0.226 e. The van der Waals surface area contributed by atoms with E-state index in [0.29, 0.717) is 12.5 Å². The molecule has 150 valence electrons. The highest BCUT2D eigenvalue weighted by Crippen LogP contribution is 2.41. The van der Waals surface area contributed by atoms with Gasteiger partial charge in [0.25, 0.3) is 0 Å². The van der Waals surface area contributed by atoms with Gasteiger partial charge in [-0.15, -0.1) is 11.3 Å². The molecule has 1 fully saturated rings. The van der Waals surface area contributed by atoms with Gasteiger partial charge >= 0.3 is 0 Å². The van der Waals surface area contributed by atoms with Crippen LogP contribution < -0.4 is 5.32 Å². The van der Waals surface area contributed by atoms with E-state index in [9.17, 15) is 9.18 Å². The number of aromatic nitrogens is 3. The summed E-state index contributed by atoms with van der Waals surface area (Å²) in [4.78, 5) is 19.6. The minimum Gasteiger partial charge on any atom is -0.311 e. The van der Waals surface area contributed by atoms with E-state index >= 15 is 0 Å². The summed E-state index contributed by atoms with van der Waals surface area (Å²) in [5.74, 6) is 0.451. The predicted octanol–water partition coefficient (Wildman–Crippen LogP) is 3.89. The Hall–Kier alpha value is -2.58.